The first-order valence-electron chi connectivity index (χ1n) is 11.8. The van der Waals surface area contributed by atoms with Crippen LogP contribution in [0.5, 0.6) is 11.5 Å². The van der Waals surface area contributed by atoms with Gasteiger partial charge in [0, 0.05) is 23.8 Å². The van der Waals surface area contributed by atoms with Crippen LogP contribution in [0.15, 0.2) is 23.5 Å². The average molecular weight is 474 g/mol. The smallest absolute Gasteiger partial charge is 0.349 e. The van der Waals surface area contributed by atoms with E-state index >= 15 is 0 Å². The number of morpholine rings is 1. The van der Waals surface area contributed by atoms with Crippen molar-refractivity contribution in [3.63, 3.8) is 0 Å². The van der Waals surface area contributed by atoms with Crippen molar-refractivity contribution in [3.8, 4) is 11.5 Å². The van der Waals surface area contributed by atoms with Gasteiger partial charge in [-0.15, -0.1) is 0 Å². The van der Waals surface area contributed by atoms with Gasteiger partial charge in [-0.05, 0) is 52.2 Å². The van der Waals surface area contributed by atoms with Crippen molar-refractivity contribution in [2.24, 2.45) is 0 Å². The lowest BCUT2D eigenvalue weighted by atomic mass is 9.97. The second-order valence-corrected chi connectivity index (χ2v) is 9.77. The number of aryl methyl sites for hydroxylation is 1. The maximum atomic E-state index is 13.5. The van der Waals surface area contributed by atoms with Gasteiger partial charge in [0.15, 0.2) is 17.3 Å². The van der Waals surface area contributed by atoms with E-state index in [2.05, 4.69) is 24.1 Å². The number of hydrogen-bond donors (Lipinski definition) is 1. The molecular formula is C25H35N3O6. The van der Waals surface area contributed by atoms with Crippen LogP contribution in [0, 0.1) is 0 Å². The van der Waals surface area contributed by atoms with E-state index in [1.807, 2.05) is 30.9 Å². The summed E-state index contributed by atoms with van der Waals surface area (Å²) in [5, 5.41) is 3.18. The second-order valence-electron chi connectivity index (χ2n) is 9.77. The van der Waals surface area contributed by atoms with Crippen LogP contribution in [-0.4, -0.2) is 75.0 Å². The fraction of sp³-hybridized carbons (Fsp3) is 0.600. The Bertz CT molecular complexity index is 1000. The minimum Gasteiger partial charge on any atom is -0.493 e. The normalized spacial score (nSPS) is 21.6. The Labute approximate surface area is 201 Å². The summed E-state index contributed by atoms with van der Waals surface area (Å²) in [6.45, 7) is 10.1. The summed E-state index contributed by atoms with van der Waals surface area (Å²) in [6.07, 6.45) is 0.465. The van der Waals surface area contributed by atoms with E-state index in [9.17, 15) is 9.59 Å². The number of fused-ring (bicyclic) bond motifs is 3. The Morgan fingerprint density at radius 3 is 2.62 bits per heavy atom. The molecule has 1 N–H and O–H groups in total. The molecule has 1 atom stereocenters. The van der Waals surface area contributed by atoms with Crippen LogP contribution in [0.25, 0.3) is 0 Å². The van der Waals surface area contributed by atoms with E-state index < -0.39 is 12.1 Å². The number of ketones is 1. The van der Waals surface area contributed by atoms with Crippen LogP contribution >= 0.6 is 0 Å². The molecule has 1 fully saturated rings. The van der Waals surface area contributed by atoms with Gasteiger partial charge in [-0.1, -0.05) is 0 Å². The van der Waals surface area contributed by atoms with E-state index in [1.165, 1.54) is 7.11 Å². The Hall–Kier alpha value is -2.78. The number of nitrogens with one attached hydrogen (secondary N) is 1. The van der Waals surface area contributed by atoms with Crippen LogP contribution in [0.1, 0.15) is 39.7 Å². The van der Waals surface area contributed by atoms with Crippen molar-refractivity contribution in [3.05, 3.63) is 29.1 Å². The SMILES string of the molecule is COC(=O)C1NC(C(=O)CN2CCOCC2(C)C)=C2CCc3cc(OC)c(OC(C)C)cc3N21. The van der Waals surface area contributed by atoms with Crippen LogP contribution in [0.3, 0.4) is 0 Å². The molecule has 9 nitrogen and oxygen atoms in total. The zero-order chi connectivity index (χ0) is 24.6. The van der Waals surface area contributed by atoms with Gasteiger partial charge in [-0.3, -0.25) is 9.69 Å². The van der Waals surface area contributed by atoms with Crippen molar-refractivity contribution in [2.75, 3.05) is 45.4 Å². The summed E-state index contributed by atoms with van der Waals surface area (Å²) in [5.74, 6) is 0.738. The van der Waals surface area contributed by atoms with Gasteiger partial charge >= 0.3 is 5.97 Å². The average Bonchev–Trinajstić information content (AvgIpc) is 3.19. The number of anilines is 1. The first-order chi connectivity index (χ1) is 16.2. The molecule has 186 valence electrons. The summed E-state index contributed by atoms with van der Waals surface area (Å²) in [4.78, 5) is 30.3. The summed E-state index contributed by atoms with van der Waals surface area (Å²) < 4.78 is 22.2. The highest BCUT2D eigenvalue weighted by Crippen LogP contribution is 2.44. The molecule has 1 unspecified atom stereocenters. The quantitative estimate of drug-likeness (QED) is 0.599. The van der Waals surface area contributed by atoms with Crippen molar-refractivity contribution < 1.29 is 28.5 Å². The highest BCUT2D eigenvalue weighted by molar-refractivity contribution is 6.01. The molecule has 34 heavy (non-hydrogen) atoms. The Balaban J connectivity index is 1.72. The number of carbonyl (C=O) groups is 2. The van der Waals surface area contributed by atoms with Gasteiger partial charge in [0.05, 0.1) is 45.8 Å². The number of benzene rings is 1. The van der Waals surface area contributed by atoms with Crippen molar-refractivity contribution in [1.82, 2.24) is 10.2 Å². The molecule has 0 saturated carbocycles. The number of ether oxygens (including phenoxy) is 4. The van der Waals surface area contributed by atoms with Crippen LogP contribution in [-0.2, 0) is 25.5 Å². The molecule has 4 rings (SSSR count). The standard InChI is InChI=1S/C25H35N3O6/c1-15(2)34-21-12-18-16(11-20(21)31-5)7-8-17-22(26-23(28(17)18)24(30)32-6)19(29)13-27-9-10-33-14-25(27,3)4/h11-12,15,23,26H,7-10,13-14H2,1-6H3. The summed E-state index contributed by atoms with van der Waals surface area (Å²) in [6, 6.07) is 3.84. The highest BCUT2D eigenvalue weighted by Gasteiger charge is 2.44. The molecular weight excluding hydrogens is 438 g/mol. The predicted octanol–water partition coefficient (Wildman–Crippen LogP) is 2.23. The lowest BCUT2D eigenvalue weighted by molar-refractivity contribution is -0.142. The van der Waals surface area contributed by atoms with Gasteiger partial charge in [-0.25, -0.2) is 4.79 Å². The fourth-order valence-electron chi connectivity index (χ4n) is 4.82. The minimum absolute atomic E-state index is 0.0445. The molecule has 1 aromatic rings. The monoisotopic (exact) mass is 473 g/mol. The molecule has 1 saturated heterocycles. The number of methoxy groups -OCH3 is 2. The zero-order valence-electron chi connectivity index (χ0n) is 20.9. The Morgan fingerprint density at radius 2 is 1.97 bits per heavy atom. The van der Waals surface area contributed by atoms with Crippen molar-refractivity contribution in [2.45, 2.75) is 58.3 Å². The molecule has 0 aliphatic carbocycles. The van der Waals surface area contributed by atoms with Gasteiger partial charge in [0.1, 0.15) is 5.70 Å². The maximum absolute atomic E-state index is 13.5. The molecule has 0 bridgehead atoms. The van der Waals surface area contributed by atoms with Crippen LogP contribution in [0.2, 0.25) is 0 Å². The number of Topliss-reactive ketones (excluding diaryl/α,β-unsaturated/α-hetero) is 1. The molecule has 3 heterocycles. The van der Waals surface area contributed by atoms with E-state index in [0.29, 0.717) is 43.4 Å². The Morgan fingerprint density at radius 1 is 1.21 bits per heavy atom. The van der Waals surface area contributed by atoms with Gasteiger partial charge in [0.25, 0.3) is 0 Å². The molecule has 3 aliphatic rings. The number of rotatable bonds is 7. The third kappa shape index (κ3) is 4.46. The van der Waals surface area contributed by atoms with Crippen LogP contribution < -0.4 is 19.7 Å². The van der Waals surface area contributed by atoms with E-state index in [-0.39, 0.29) is 24.0 Å². The number of nitrogens with zero attached hydrogens (tertiary/aromatic N) is 2. The summed E-state index contributed by atoms with van der Waals surface area (Å²) >= 11 is 0. The summed E-state index contributed by atoms with van der Waals surface area (Å²) in [5.41, 5.74) is 2.88. The number of hydrogen-bond acceptors (Lipinski definition) is 9. The number of esters is 1. The molecule has 0 radical (unpaired) electrons. The first-order valence-corrected chi connectivity index (χ1v) is 11.8. The van der Waals surface area contributed by atoms with Gasteiger partial charge in [-0.2, -0.15) is 0 Å². The van der Waals surface area contributed by atoms with Crippen molar-refractivity contribution >= 4 is 17.4 Å². The largest absolute Gasteiger partial charge is 0.493 e. The van der Waals surface area contributed by atoms with Gasteiger partial charge < -0.3 is 29.2 Å². The summed E-state index contributed by atoms with van der Waals surface area (Å²) in [7, 11) is 2.97. The molecule has 3 aliphatic heterocycles. The second kappa shape index (κ2) is 9.46. The zero-order valence-corrected chi connectivity index (χ0v) is 20.9. The third-order valence-electron chi connectivity index (χ3n) is 6.59. The van der Waals surface area contributed by atoms with Gasteiger partial charge in [0.2, 0.25) is 6.17 Å². The van der Waals surface area contributed by atoms with Crippen LogP contribution in [0.4, 0.5) is 5.69 Å². The molecule has 9 heteroatoms. The first kappa shape index (κ1) is 24.3. The third-order valence-corrected chi connectivity index (χ3v) is 6.59. The number of carbonyl (C=O) groups excluding carboxylic acids is 2. The van der Waals surface area contributed by atoms with Crippen molar-refractivity contribution in [1.29, 1.82) is 0 Å². The van der Waals surface area contributed by atoms with E-state index in [0.717, 1.165) is 23.4 Å². The lowest BCUT2D eigenvalue weighted by Gasteiger charge is -2.41. The Kier molecular flexibility index (Phi) is 6.78. The topological polar surface area (TPSA) is 89.6 Å². The molecule has 0 spiro atoms. The minimum atomic E-state index is -0.823. The molecule has 1 aromatic carbocycles. The van der Waals surface area contributed by atoms with E-state index in [4.69, 9.17) is 18.9 Å². The maximum Gasteiger partial charge on any atom is 0.349 e. The van der Waals surface area contributed by atoms with E-state index in [1.54, 1.807) is 7.11 Å². The lowest BCUT2D eigenvalue weighted by Crippen LogP contribution is -2.55. The fourth-order valence-corrected chi connectivity index (χ4v) is 4.82. The highest BCUT2D eigenvalue weighted by atomic mass is 16.5. The number of allylic oxidation sites excluding steroid dienone is 1. The predicted molar refractivity (Wildman–Crippen MR) is 127 cm³/mol. The molecule has 0 amide bonds. The molecule has 0 aromatic heterocycles.